The molecule has 0 spiro atoms. The van der Waals surface area contributed by atoms with E-state index in [2.05, 4.69) is 15.3 Å². The van der Waals surface area contributed by atoms with Gasteiger partial charge in [0, 0.05) is 43.4 Å². The van der Waals surface area contributed by atoms with Crippen LogP contribution in [0.4, 0.5) is 28.9 Å². The molecule has 34 heavy (non-hydrogen) atoms. The molecular weight excluding hydrogens is 454 g/mol. The first-order valence-corrected chi connectivity index (χ1v) is 10.4. The van der Waals surface area contributed by atoms with Gasteiger partial charge in [-0.3, -0.25) is 9.78 Å². The number of carbonyl (C=O) groups is 1. The Morgan fingerprint density at radius 3 is 2.50 bits per heavy atom. The highest BCUT2D eigenvalue weighted by Gasteiger charge is 2.32. The third kappa shape index (κ3) is 4.57. The molecule has 4 N–H and O–H groups in total. The Balaban J connectivity index is 1.64. The number of nitrogens with zero attached hydrogens (tertiary/aromatic N) is 3. The predicted octanol–water partition coefficient (Wildman–Crippen LogP) is 3.10. The fourth-order valence-electron chi connectivity index (χ4n) is 3.97. The van der Waals surface area contributed by atoms with Gasteiger partial charge in [0.25, 0.3) is 5.91 Å². The average Bonchev–Trinajstić information content (AvgIpc) is 2.78. The van der Waals surface area contributed by atoms with Crippen LogP contribution in [0.15, 0.2) is 42.7 Å². The zero-order valence-corrected chi connectivity index (χ0v) is 18.0. The first kappa shape index (κ1) is 23.6. The Morgan fingerprint density at radius 1 is 1.12 bits per heavy atom. The van der Waals surface area contributed by atoms with Gasteiger partial charge in [0.1, 0.15) is 34.7 Å². The highest BCUT2D eigenvalue weighted by molar-refractivity contribution is 6.04. The van der Waals surface area contributed by atoms with Crippen molar-refractivity contribution in [3.05, 3.63) is 71.7 Å². The summed E-state index contributed by atoms with van der Waals surface area (Å²) in [5, 5.41) is 12.7. The van der Waals surface area contributed by atoms with Gasteiger partial charge in [0.05, 0.1) is 29.2 Å². The number of pyridine rings is 2. The number of nitrogens with one attached hydrogen (secondary N) is 1. The Labute approximate surface area is 192 Å². The van der Waals surface area contributed by atoms with Crippen LogP contribution in [0.1, 0.15) is 17.4 Å². The van der Waals surface area contributed by atoms with E-state index in [4.69, 9.17) is 5.73 Å². The maximum absolute atomic E-state index is 14.3. The lowest BCUT2D eigenvalue weighted by atomic mass is 9.92. The summed E-state index contributed by atoms with van der Waals surface area (Å²) in [7, 11) is 0. The molecule has 3 heterocycles. The number of carbonyl (C=O) groups excluding carboxylic acids is 1. The van der Waals surface area contributed by atoms with Crippen LogP contribution in [-0.4, -0.2) is 46.2 Å². The molecule has 1 fully saturated rings. The number of aliphatic hydroxyl groups is 1. The van der Waals surface area contributed by atoms with Crippen LogP contribution in [0.25, 0.3) is 11.3 Å². The van der Waals surface area contributed by atoms with E-state index in [-0.39, 0.29) is 11.6 Å². The number of halogens is 4. The third-order valence-electron chi connectivity index (χ3n) is 5.67. The lowest BCUT2D eigenvalue weighted by molar-refractivity contribution is 0.0785. The van der Waals surface area contributed by atoms with Crippen molar-refractivity contribution in [1.82, 2.24) is 9.97 Å². The van der Waals surface area contributed by atoms with Crippen molar-refractivity contribution < 1.29 is 27.5 Å². The van der Waals surface area contributed by atoms with Gasteiger partial charge in [0.2, 0.25) is 0 Å². The standard InChI is InChI=1S/C23H21F4N5O2/c1-11-9-32(10-16(28)22(11)33)19-4-5-29-8-18(19)31-23(34)17-3-2-13(25)21(30-17)20-14(26)6-12(24)7-15(20)27/h2-8,11,16,22,33H,9-10,28H2,1H3,(H,31,34)/t11-,16+,22+/m0/s1. The number of aromatic nitrogens is 2. The maximum atomic E-state index is 14.3. The molecule has 2 aromatic heterocycles. The molecule has 0 aliphatic carbocycles. The Morgan fingerprint density at radius 2 is 1.82 bits per heavy atom. The Bertz CT molecular complexity index is 1210. The minimum Gasteiger partial charge on any atom is -0.391 e. The average molecular weight is 475 g/mol. The second-order valence-corrected chi connectivity index (χ2v) is 8.16. The van der Waals surface area contributed by atoms with Gasteiger partial charge >= 0.3 is 0 Å². The highest BCUT2D eigenvalue weighted by Crippen LogP contribution is 2.31. The van der Waals surface area contributed by atoms with Crippen LogP contribution >= 0.6 is 0 Å². The second-order valence-electron chi connectivity index (χ2n) is 8.16. The number of piperidine rings is 1. The quantitative estimate of drug-likeness (QED) is 0.501. The first-order valence-electron chi connectivity index (χ1n) is 10.4. The summed E-state index contributed by atoms with van der Waals surface area (Å²) in [4.78, 5) is 22.6. The molecular formula is C23H21F4N5O2. The molecule has 11 heteroatoms. The third-order valence-corrected chi connectivity index (χ3v) is 5.67. The normalized spacial score (nSPS) is 20.3. The zero-order valence-electron chi connectivity index (χ0n) is 18.0. The fourth-order valence-corrected chi connectivity index (χ4v) is 3.97. The molecule has 3 atom stereocenters. The number of rotatable bonds is 4. The van der Waals surface area contributed by atoms with Crippen LogP contribution in [0.2, 0.25) is 0 Å². The number of hydrogen-bond acceptors (Lipinski definition) is 6. The van der Waals surface area contributed by atoms with Crippen molar-refractivity contribution in [3.63, 3.8) is 0 Å². The molecule has 1 aromatic carbocycles. The van der Waals surface area contributed by atoms with E-state index in [9.17, 15) is 27.5 Å². The molecule has 0 saturated carbocycles. The van der Waals surface area contributed by atoms with Gasteiger partial charge in [-0.25, -0.2) is 22.5 Å². The number of hydrogen-bond donors (Lipinski definition) is 3. The van der Waals surface area contributed by atoms with E-state index >= 15 is 0 Å². The van der Waals surface area contributed by atoms with Crippen molar-refractivity contribution in [1.29, 1.82) is 0 Å². The summed E-state index contributed by atoms with van der Waals surface area (Å²) in [5.41, 5.74) is 4.95. The monoisotopic (exact) mass is 475 g/mol. The summed E-state index contributed by atoms with van der Waals surface area (Å²) in [6.45, 7) is 2.66. The lowest BCUT2D eigenvalue weighted by Gasteiger charge is -2.40. The van der Waals surface area contributed by atoms with E-state index in [0.29, 0.717) is 36.6 Å². The minimum absolute atomic E-state index is 0.123. The molecule has 0 radical (unpaired) electrons. The summed E-state index contributed by atoms with van der Waals surface area (Å²) < 4.78 is 55.9. The maximum Gasteiger partial charge on any atom is 0.274 e. The van der Waals surface area contributed by atoms with Gasteiger partial charge in [-0.1, -0.05) is 6.92 Å². The van der Waals surface area contributed by atoms with E-state index < -0.39 is 52.6 Å². The van der Waals surface area contributed by atoms with Gasteiger partial charge in [0.15, 0.2) is 0 Å². The van der Waals surface area contributed by atoms with Gasteiger partial charge in [-0.2, -0.15) is 0 Å². The number of benzene rings is 1. The number of anilines is 2. The largest absolute Gasteiger partial charge is 0.391 e. The molecule has 0 unspecified atom stereocenters. The van der Waals surface area contributed by atoms with Crippen LogP contribution in [0, 0.1) is 29.2 Å². The van der Waals surface area contributed by atoms with E-state index in [1.165, 1.54) is 12.4 Å². The molecule has 1 saturated heterocycles. The van der Waals surface area contributed by atoms with Crippen molar-refractivity contribution in [2.24, 2.45) is 11.7 Å². The van der Waals surface area contributed by atoms with Crippen LogP contribution in [-0.2, 0) is 0 Å². The van der Waals surface area contributed by atoms with Crippen LogP contribution in [0.5, 0.6) is 0 Å². The van der Waals surface area contributed by atoms with Gasteiger partial charge < -0.3 is 21.1 Å². The zero-order chi connectivity index (χ0) is 24.6. The van der Waals surface area contributed by atoms with E-state index in [1.807, 2.05) is 11.8 Å². The topological polar surface area (TPSA) is 104 Å². The summed E-state index contributed by atoms with van der Waals surface area (Å²) in [5.74, 6) is -5.87. The SMILES string of the molecule is C[C@H]1CN(c2ccncc2NC(=O)c2ccc(F)c(-c3c(F)cc(F)cc3F)n2)C[C@@H](N)[C@@H]1O. The molecule has 1 aliphatic rings. The molecule has 7 nitrogen and oxygen atoms in total. The summed E-state index contributed by atoms with van der Waals surface area (Å²) in [6, 6.07) is 3.86. The molecule has 1 aliphatic heterocycles. The predicted molar refractivity (Wildman–Crippen MR) is 117 cm³/mol. The van der Waals surface area contributed by atoms with Gasteiger partial charge in [-0.15, -0.1) is 0 Å². The highest BCUT2D eigenvalue weighted by atomic mass is 19.1. The minimum atomic E-state index is -1.35. The van der Waals surface area contributed by atoms with Crippen LogP contribution < -0.4 is 16.0 Å². The van der Waals surface area contributed by atoms with E-state index in [1.54, 1.807) is 6.07 Å². The molecule has 3 aromatic rings. The molecule has 0 bridgehead atoms. The lowest BCUT2D eigenvalue weighted by Crippen LogP contribution is -2.55. The van der Waals surface area contributed by atoms with Crippen molar-refractivity contribution in [3.8, 4) is 11.3 Å². The summed E-state index contributed by atoms with van der Waals surface area (Å²) in [6.07, 6.45) is 2.27. The molecule has 4 rings (SSSR count). The Hall–Kier alpha value is -3.57. The second kappa shape index (κ2) is 9.35. The molecule has 178 valence electrons. The first-order chi connectivity index (χ1) is 16.2. The van der Waals surface area contributed by atoms with Crippen molar-refractivity contribution in [2.45, 2.75) is 19.1 Å². The summed E-state index contributed by atoms with van der Waals surface area (Å²) >= 11 is 0. The van der Waals surface area contributed by atoms with Crippen molar-refractivity contribution in [2.75, 3.05) is 23.3 Å². The fraction of sp³-hybridized carbons (Fsp3) is 0.261. The van der Waals surface area contributed by atoms with E-state index in [0.717, 1.165) is 12.1 Å². The number of amides is 1. The number of aliphatic hydroxyl groups excluding tert-OH is 1. The smallest absolute Gasteiger partial charge is 0.274 e. The van der Waals surface area contributed by atoms with Crippen molar-refractivity contribution >= 4 is 17.3 Å². The van der Waals surface area contributed by atoms with Gasteiger partial charge in [-0.05, 0) is 18.2 Å². The number of nitrogens with two attached hydrogens (primary N) is 1. The van der Waals surface area contributed by atoms with Crippen LogP contribution in [0.3, 0.4) is 0 Å². The Kier molecular flexibility index (Phi) is 6.49. The molecule has 1 amide bonds.